The van der Waals surface area contributed by atoms with E-state index in [1.54, 1.807) is 37.3 Å². The van der Waals surface area contributed by atoms with Gasteiger partial charge in [-0.2, -0.15) is 10.1 Å². The summed E-state index contributed by atoms with van der Waals surface area (Å²) in [7, 11) is 0. The van der Waals surface area contributed by atoms with Gasteiger partial charge >= 0.3 is 0 Å². The molecule has 8 heteroatoms. The van der Waals surface area contributed by atoms with Gasteiger partial charge in [0.05, 0.1) is 0 Å². The number of carbonyl (C=O) groups is 1. The largest absolute Gasteiger partial charge is 0.485 e. The predicted octanol–water partition coefficient (Wildman–Crippen LogP) is 3.06. The Kier molecular flexibility index (Phi) is 4.78. The lowest BCUT2D eigenvalue weighted by Gasteiger charge is -2.06. The number of ether oxygens (including phenoxy) is 1. The van der Waals surface area contributed by atoms with Crippen LogP contribution in [0.4, 0.5) is 5.69 Å². The summed E-state index contributed by atoms with van der Waals surface area (Å²) in [5.74, 6) is 1.64. The first kappa shape index (κ1) is 16.7. The van der Waals surface area contributed by atoms with Crippen molar-refractivity contribution in [1.82, 2.24) is 20.3 Å². The first-order chi connectivity index (χ1) is 12.0. The molecule has 2 aromatic heterocycles. The minimum absolute atomic E-state index is 0.217. The van der Waals surface area contributed by atoms with E-state index in [0.717, 1.165) is 5.69 Å². The Morgan fingerprint density at radius 3 is 2.68 bits per heavy atom. The second-order valence-corrected chi connectivity index (χ2v) is 5.86. The topological polar surface area (TPSA) is 106 Å². The molecule has 0 unspecified atom stereocenters. The van der Waals surface area contributed by atoms with Crippen LogP contribution in [0, 0.1) is 6.92 Å². The van der Waals surface area contributed by atoms with Crippen LogP contribution in [0.2, 0.25) is 0 Å². The third kappa shape index (κ3) is 4.23. The Bertz CT molecular complexity index is 851. The van der Waals surface area contributed by atoms with Gasteiger partial charge in [0.25, 0.3) is 5.91 Å². The molecule has 8 nitrogen and oxygen atoms in total. The van der Waals surface area contributed by atoms with Crippen molar-refractivity contribution in [2.75, 3.05) is 5.32 Å². The van der Waals surface area contributed by atoms with E-state index in [2.05, 4.69) is 25.7 Å². The van der Waals surface area contributed by atoms with Gasteiger partial charge in [-0.15, -0.1) is 0 Å². The maximum absolute atomic E-state index is 12.2. The minimum atomic E-state index is -0.265. The van der Waals surface area contributed by atoms with E-state index in [-0.39, 0.29) is 18.4 Å². The van der Waals surface area contributed by atoms with Crippen LogP contribution in [0.3, 0.4) is 0 Å². The summed E-state index contributed by atoms with van der Waals surface area (Å²) in [5.41, 5.74) is 1.93. The van der Waals surface area contributed by atoms with Crippen LogP contribution in [0.1, 0.15) is 47.7 Å². The number of H-pyrrole nitrogens is 1. The number of hydrogen-bond acceptors (Lipinski definition) is 6. The molecule has 25 heavy (non-hydrogen) atoms. The van der Waals surface area contributed by atoms with Crippen molar-refractivity contribution in [3.8, 4) is 5.75 Å². The molecule has 0 aliphatic rings. The number of nitrogens with zero attached hydrogens (tertiary/aromatic N) is 3. The molecule has 3 aromatic rings. The molecule has 0 aliphatic carbocycles. The van der Waals surface area contributed by atoms with E-state index in [1.165, 1.54) is 0 Å². The van der Waals surface area contributed by atoms with E-state index >= 15 is 0 Å². The lowest BCUT2D eigenvalue weighted by molar-refractivity contribution is 0.102. The van der Waals surface area contributed by atoms with Crippen LogP contribution in [-0.2, 0) is 6.61 Å². The minimum Gasteiger partial charge on any atom is -0.485 e. The number of nitrogens with one attached hydrogen (secondary N) is 2. The average molecular weight is 341 g/mol. The number of anilines is 1. The molecule has 0 radical (unpaired) electrons. The third-order valence-corrected chi connectivity index (χ3v) is 3.50. The van der Waals surface area contributed by atoms with Crippen LogP contribution >= 0.6 is 0 Å². The fourth-order valence-electron chi connectivity index (χ4n) is 2.13. The number of aromatic nitrogens is 4. The number of aromatic amines is 1. The Balaban J connectivity index is 1.57. The molecule has 0 saturated heterocycles. The molecule has 2 heterocycles. The Hall–Kier alpha value is -3.16. The summed E-state index contributed by atoms with van der Waals surface area (Å²) >= 11 is 0. The zero-order chi connectivity index (χ0) is 17.8. The maximum Gasteiger partial charge on any atom is 0.276 e. The van der Waals surface area contributed by atoms with E-state index < -0.39 is 0 Å². The molecule has 1 aromatic carbocycles. The van der Waals surface area contributed by atoms with Gasteiger partial charge in [0, 0.05) is 18.3 Å². The number of aryl methyl sites for hydroxylation is 1. The van der Waals surface area contributed by atoms with Crippen LogP contribution in [0.15, 0.2) is 34.9 Å². The Morgan fingerprint density at radius 1 is 1.32 bits per heavy atom. The van der Waals surface area contributed by atoms with Crippen molar-refractivity contribution in [2.24, 2.45) is 0 Å². The molecule has 0 atom stereocenters. The molecule has 0 bridgehead atoms. The second-order valence-electron chi connectivity index (χ2n) is 5.86. The van der Waals surface area contributed by atoms with Gasteiger partial charge in [-0.3, -0.25) is 9.89 Å². The van der Waals surface area contributed by atoms with Gasteiger partial charge in [-0.25, -0.2) is 0 Å². The lowest BCUT2D eigenvalue weighted by atomic mass is 10.1. The summed E-state index contributed by atoms with van der Waals surface area (Å²) in [5, 5.41) is 13.5. The molecule has 0 fully saturated rings. The quantitative estimate of drug-likeness (QED) is 0.714. The van der Waals surface area contributed by atoms with E-state index in [1.807, 2.05) is 13.8 Å². The number of hydrogen-bond donors (Lipinski definition) is 2. The molecule has 1 amide bonds. The Morgan fingerprint density at radius 2 is 2.08 bits per heavy atom. The van der Waals surface area contributed by atoms with E-state index in [4.69, 9.17) is 9.26 Å². The van der Waals surface area contributed by atoms with Crippen molar-refractivity contribution in [3.63, 3.8) is 0 Å². The van der Waals surface area contributed by atoms with Crippen molar-refractivity contribution in [1.29, 1.82) is 0 Å². The normalized spacial score (nSPS) is 10.9. The van der Waals surface area contributed by atoms with E-state index in [9.17, 15) is 4.79 Å². The first-order valence-corrected chi connectivity index (χ1v) is 7.90. The lowest BCUT2D eigenvalue weighted by Crippen LogP contribution is -2.12. The highest BCUT2D eigenvalue weighted by Crippen LogP contribution is 2.18. The highest BCUT2D eigenvalue weighted by Gasteiger charge is 2.12. The zero-order valence-electron chi connectivity index (χ0n) is 14.2. The van der Waals surface area contributed by atoms with Gasteiger partial charge < -0.3 is 14.6 Å². The molecule has 0 saturated carbocycles. The highest BCUT2D eigenvalue weighted by atomic mass is 16.5. The molecule has 0 aliphatic heterocycles. The van der Waals surface area contributed by atoms with Crippen molar-refractivity contribution in [2.45, 2.75) is 33.3 Å². The molecule has 2 N–H and O–H groups in total. The summed E-state index contributed by atoms with van der Waals surface area (Å²) in [6.07, 6.45) is 0. The maximum atomic E-state index is 12.2. The summed E-state index contributed by atoms with van der Waals surface area (Å²) in [6.45, 7) is 6.00. The van der Waals surface area contributed by atoms with Crippen LogP contribution in [-0.4, -0.2) is 26.2 Å². The van der Waals surface area contributed by atoms with Crippen LogP contribution < -0.4 is 10.1 Å². The fraction of sp³-hybridized carbons (Fsp3) is 0.294. The standard InChI is InChI=1S/C17H19N5O3/c1-10(2)14-8-15(21-20-14)17(23)19-12-4-6-13(7-5-12)24-9-16-18-11(3)25-22-16/h4-8,10H,9H2,1-3H3,(H,19,23)(H,20,21). The van der Waals surface area contributed by atoms with E-state index in [0.29, 0.717) is 28.8 Å². The average Bonchev–Trinajstić information content (AvgIpc) is 3.23. The SMILES string of the molecule is Cc1nc(COc2ccc(NC(=O)c3cc(C(C)C)[nH]n3)cc2)no1. The highest BCUT2D eigenvalue weighted by molar-refractivity contribution is 6.02. The zero-order valence-corrected chi connectivity index (χ0v) is 14.2. The van der Waals surface area contributed by atoms with Gasteiger partial charge in [-0.1, -0.05) is 19.0 Å². The molecular weight excluding hydrogens is 322 g/mol. The van der Waals surface area contributed by atoms with Gasteiger partial charge in [-0.05, 0) is 36.2 Å². The van der Waals surface area contributed by atoms with Crippen LogP contribution in [0.25, 0.3) is 0 Å². The summed E-state index contributed by atoms with van der Waals surface area (Å²) in [6, 6.07) is 8.78. The van der Waals surface area contributed by atoms with Crippen molar-refractivity contribution >= 4 is 11.6 Å². The monoisotopic (exact) mass is 341 g/mol. The summed E-state index contributed by atoms with van der Waals surface area (Å²) in [4.78, 5) is 16.3. The third-order valence-electron chi connectivity index (χ3n) is 3.50. The molecule has 0 spiro atoms. The van der Waals surface area contributed by atoms with Crippen LogP contribution in [0.5, 0.6) is 5.75 Å². The number of amides is 1. The number of carbonyl (C=O) groups excluding carboxylic acids is 1. The molecule has 3 rings (SSSR count). The van der Waals surface area contributed by atoms with Gasteiger partial charge in [0.1, 0.15) is 5.75 Å². The second kappa shape index (κ2) is 7.16. The number of rotatable bonds is 6. The predicted molar refractivity (Wildman–Crippen MR) is 90.4 cm³/mol. The number of benzene rings is 1. The smallest absolute Gasteiger partial charge is 0.276 e. The molecular formula is C17H19N5O3. The van der Waals surface area contributed by atoms with Gasteiger partial charge in [0.2, 0.25) is 11.7 Å². The summed E-state index contributed by atoms with van der Waals surface area (Å²) < 4.78 is 10.4. The molecule has 130 valence electrons. The van der Waals surface area contributed by atoms with Gasteiger partial charge in [0.15, 0.2) is 12.3 Å². The van der Waals surface area contributed by atoms with Crippen molar-refractivity contribution in [3.05, 3.63) is 53.4 Å². The van der Waals surface area contributed by atoms with Crippen molar-refractivity contribution < 1.29 is 14.1 Å². The first-order valence-electron chi connectivity index (χ1n) is 7.90. The fourth-order valence-corrected chi connectivity index (χ4v) is 2.13. The Labute approximate surface area is 144 Å².